The van der Waals surface area contributed by atoms with E-state index in [0.717, 1.165) is 15.7 Å². The quantitative estimate of drug-likeness (QED) is 0.453. The van der Waals surface area contributed by atoms with Crippen LogP contribution in [0.2, 0.25) is 0 Å². The lowest BCUT2D eigenvalue weighted by Gasteiger charge is -2.14. The summed E-state index contributed by atoms with van der Waals surface area (Å²) in [6, 6.07) is 18.3. The zero-order valence-electron chi connectivity index (χ0n) is 18.3. The van der Waals surface area contributed by atoms with Crippen LogP contribution in [0.3, 0.4) is 0 Å². The number of aryl methyl sites for hydroxylation is 1. The number of nitrogens with one attached hydrogen (secondary N) is 1. The average molecular weight is 458 g/mol. The molecule has 4 aromatic rings. The third-order valence-electron chi connectivity index (χ3n) is 5.68. The molecule has 172 valence electrons. The molecule has 0 radical (unpaired) electrons. The Morgan fingerprint density at radius 2 is 1.76 bits per heavy atom. The first kappa shape index (κ1) is 21.4. The van der Waals surface area contributed by atoms with E-state index in [0.29, 0.717) is 23.4 Å². The number of hydrogen-bond acceptors (Lipinski definition) is 6. The van der Waals surface area contributed by atoms with Crippen molar-refractivity contribution in [3.05, 3.63) is 98.8 Å². The molecule has 1 N–H and O–H groups in total. The van der Waals surface area contributed by atoms with E-state index in [1.54, 1.807) is 24.3 Å². The fraction of sp³-hybridized carbons (Fsp3) is 0.200. The molecule has 2 aromatic carbocycles. The molecule has 1 aliphatic rings. The van der Waals surface area contributed by atoms with E-state index >= 15 is 0 Å². The van der Waals surface area contributed by atoms with Crippen LogP contribution in [0.1, 0.15) is 11.1 Å². The van der Waals surface area contributed by atoms with E-state index in [-0.39, 0.29) is 37.9 Å². The number of fused-ring (bicyclic) bond motifs is 2. The summed E-state index contributed by atoms with van der Waals surface area (Å²) in [4.78, 5) is 43.2. The molecule has 0 spiro atoms. The van der Waals surface area contributed by atoms with Gasteiger partial charge in [0.1, 0.15) is 6.54 Å². The molecular weight excluding hydrogens is 436 g/mol. The van der Waals surface area contributed by atoms with E-state index in [9.17, 15) is 14.4 Å². The molecule has 0 unspecified atom stereocenters. The molecule has 0 aliphatic carbocycles. The summed E-state index contributed by atoms with van der Waals surface area (Å²) in [5, 5.41) is 2.82. The summed E-state index contributed by atoms with van der Waals surface area (Å²) in [5.41, 5.74) is 1.31. The zero-order valence-corrected chi connectivity index (χ0v) is 18.3. The molecule has 1 aliphatic heterocycles. The summed E-state index contributed by atoms with van der Waals surface area (Å²) in [5.74, 6) is 0.932. The number of benzene rings is 2. The standard InChI is InChI=1S/C25H22N4O5/c30-22(27-14-18-8-9-20-21(13-18)34-16-33-20)15-29-19-7-4-11-26-23(19)24(31)28(25(29)32)12-10-17-5-2-1-3-6-17/h1-9,11,13H,10,12,14-16H2,(H,27,30). The van der Waals surface area contributed by atoms with Crippen molar-refractivity contribution in [2.24, 2.45) is 0 Å². The molecule has 9 heteroatoms. The molecule has 3 heterocycles. The van der Waals surface area contributed by atoms with Crippen LogP contribution < -0.4 is 26.0 Å². The number of carbonyl (C=O) groups excluding carboxylic acids is 1. The maximum atomic E-state index is 13.3. The molecule has 34 heavy (non-hydrogen) atoms. The number of hydrogen-bond donors (Lipinski definition) is 1. The lowest BCUT2D eigenvalue weighted by molar-refractivity contribution is -0.121. The highest BCUT2D eigenvalue weighted by Crippen LogP contribution is 2.32. The summed E-state index contributed by atoms with van der Waals surface area (Å²) in [7, 11) is 0. The van der Waals surface area contributed by atoms with Crippen LogP contribution >= 0.6 is 0 Å². The zero-order chi connectivity index (χ0) is 23.5. The van der Waals surface area contributed by atoms with Gasteiger partial charge in [-0.2, -0.15) is 0 Å². The highest BCUT2D eigenvalue weighted by atomic mass is 16.7. The summed E-state index contributed by atoms with van der Waals surface area (Å²) < 4.78 is 13.1. The number of amides is 1. The Labute approximate surface area is 194 Å². The minimum absolute atomic E-state index is 0.152. The SMILES string of the molecule is O=C(Cn1c(=O)n(CCc2ccccc2)c(=O)c2ncccc21)NCc1ccc2c(c1)OCO2. The lowest BCUT2D eigenvalue weighted by Crippen LogP contribution is -2.43. The van der Waals surface area contributed by atoms with Crippen molar-refractivity contribution in [3.63, 3.8) is 0 Å². The highest BCUT2D eigenvalue weighted by Gasteiger charge is 2.17. The monoisotopic (exact) mass is 458 g/mol. The second kappa shape index (κ2) is 9.22. The molecule has 0 bridgehead atoms. The topological polar surface area (TPSA) is 104 Å². The number of carbonyl (C=O) groups is 1. The molecular formula is C25H22N4O5. The molecule has 0 saturated carbocycles. The molecule has 5 rings (SSSR count). The van der Waals surface area contributed by atoms with Gasteiger partial charge in [-0.25, -0.2) is 9.78 Å². The van der Waals surface area contributed by atoms with Gasteiger partial charge in [-0.1, -0.05) is 36.4 Å². The Balaban J connectivity index is 1.38. The van der Waals surface area contributed by atoms with Gasteiger partial charge in [0.25, 0.3) is 5.56 Å². The third-order valence-corrected chi connectivity index (χ3v) is 5.68. The molecule has 0 fully saturated rings. The van der Waals surface area contributed by atoms with E-state index in [1.807, 2.05) is 36.4 Å². The third kappa shape index (κ3) is 4.27. The smallest absolute Gasteiger partial charge is 0.332 e. The van der Waals surface area contributed by atoms with Gasteiger partial charge in [-0.05, 0) is 41.8 Å². The number of nitrogens with zero attached hydrogens (tertiary/aromatic N) is 3. The Hall–Kier alpha value is -4.40. The van der Waals surface area contributed by atoms with Gasteiger partial charge in [-0.3, -0.25) is 18.7 Å². The van der Waals surface area contributed by atoms with Crippen molar-refractivity contribution >= 4 is 16.9 Å². The van der Waals surface area contributed by atoms with Crippen LogP contribution in [0.15, 0.2) is 76.4 Å². The largest absolute Gasteiger partial charge is 0.454 e. The van der Waals surface area contributed by atoms with Crippen molar-refractivity contribution in [2.75, 3.05) is 6.79 Å². The van der Waals surface area contributed by atoms with Gasteiger partial charge < -0.3 is 14.8 Å². The summed E-state index contributed by atoms with van der Waals surface area (Å²) in [6.45, 7) is 0.382. The molecule has 0 saturated heterocycles. The molecule has 9 nitrogen and oxygen atoms in total. The van der Waals surface area contributed by atoms with Crippen molar-refractivity contribution < 1.29 is 14.3 Å². The maximum Gasteiger partial charge on any atom is 0.332 e. The summed E-state index contributed by atoms with van der Waals surface area (Å²) >= 11 is 0. The first-order chi connectivity index (χ1) is 16.6. The molecule has 0 atom stereocenters. The number of aromatic nitrogens is 3. The van der Waals surface area contributed by atoms with Gasteiger partial charge >= 0.3 is 5.69 Å². The fourth-order valence-corrected chi connectivity index (χ4v) is 3.93. The van der Waals surface area contributed by atoms with Crippen LogP contribution in [0.5, 0.6) is 11.5 Å². The Morgan fingerprint density at radius 1 is 0.941 bits per heavy atom. The van der Waals surface area contributed by atoms with E-state index < -0.39 is 11.2 Å². The number of rotatable bonds is 7. The van der Waals surface area contributed by atoms with Gasteiger partial charge in [0.15, 0.2) is 17.0 Å². The summed E-state index contributed by atoms with van der Waals surface area (Å²) in [6.07, 6.45) is 2.00. The second-order valence-corrected chi connectivity index (χ2v) is 7.90. The normalized spacial score (nSPS) is 12.1. The number of ether oxygens (including phenoxy) is 2. The van der Waals surface area contributed by atoms with Crippen LogP contribution in [0.25, 0.3) is 11.0 Å². The van der Waals surface area contributed by atoms with Crippen LogP contribution in [-0.2, 0) is 30.8 Å². The Morgan fingerprint density at radius 3 is 2.62 bits per heavy atom. The van der Waals surface area contributed by atoms with Crippen molar-refractivity contribution in [3.8, 4) is 11.5 Å². The van der Waals surface area contributed by atoms with Gasteiger partial charge in [0.2, 0.25) is 12.7 Å². The predicted octanol–water partition coefficient (Wildman–Crippen LogP) is 1.85. The minimum Gasteiger partial charge on any atom is -0.454 e. The first-order valence-electron chi connectivity index (χ1n) is 10.9. The number of pyridine rings is 1. The highest BCUT2D eigenvalue weighted by molar-refractivity contribution is 5.79. The van der Waals surface area contributed by atoms with Crippen molar-refractivity contribution in [2.45, 2.75) is 26.1 Å². The second-order valence-electron chi connectivity index (χ2n) is 7.90. The van der Waals surface area contributed by atoms with Gasteiger partial charge in [0, 0.05) is 19.3 Å². The Kier molecular flexibility index (Phi) is 5.82. The van der Waals surface area contributed by atoms with E-state index in [1.165, 1.54) is 10.8 Å². The van der Waals surface area contributed by atoms with Crippen molar-refractivity contribution in [1.82, 2.24) is 19.4 Å². The van der Waals surface area contributed by atoms with Crippen molar-refractivity contribution in [1.29, 1.82) is 0 Å². The van der Waals surface area contributed by atoms with Crippen LogP contribution in [0.4, 0.5) is 0 Å². The Bertz CT molecular complexity index is 1480. The average Bonchev–Trinajstić information content (AvgIpc) is 3.34. The van der Waals surface area contributed by atoms with E-state index in [2.05, 4.69) is 10.3 Å². The predicted molar refractivity (Wildman–Crippen MR) is 125 cm³/mol. The fourth-order valence-electron chi connectivity index (χ4n) is 3.93. The molecule has 2 aromatic heterocycles. The minimum atomic E-state index is -0.542. The van der Waals surface area contributed by atoms with Gasteiger partial charge in [-0.15, -0.1) is 0 Å². The molecule has 1 amide bonds. The van der Waals surface area contributed by atoms with Crippen LogP contribution in [0, 0.1) is 0 Å². The van der Waals surface area contributed by atoms with Gasteiger partial charge in [0.05, 0.1) is 5.52 Å². The van der Waals surface area contributed by atoms with Crippen LogP contribution in [-0.4, -0.2) is 26.8 Å². The first-order valence-corrected chi connectivity index (χ1v) is 10.9. The lowest BCUT2D eigenvalue weighted by atomic mass is 10.1. The van der Waals surface area contributed by atoms with E-state index in [4.69, 9.17) is 9.47 Å². The maximum absolute atomic E-state index is 13.3.